The number of nitrogens with zero attached hydrogens (tertiary/aromatic N) is 2. The maximum absolute atomic E-state index is 11.8. The molecule has 1 aromatic heterocycles. The standard InChI is InChI=1S/C26H21N3O4/c30-26(31)22(12-17-4-2-1-3-5-17)29-25-14-21(27-15-28-25)19-8-6-18(7-9-19)20-10-11-23-24(13-20)33-16-32-23/h1-11,13-15,22H,12,16H2,(H,30,31)(H,27,28,29)/t22-/m0/s1. The third-order valence-corrected chi connectivity index (χ3v) is 5.46. The van der Waals surface area contributed by atoms with Crippen molar-refractivity contribution in [3.8, 4) is 33.9 Å². The van der Waals surface area contributed by atoms with Gasteiger partial charge >= 0.3 is 5.97 Å². The first kappa shape index (κ1) is 20.5. The molecule has 1 atom stereocenters. The number of carboxylic acid groups (broad SMARTS) is 1. The highest BCUT2D eigenvalue weighted by molar-refractivity contribution is 5.78. The number of benzene rings is 3. The first-order chi connectivity index (χ1) is 16.2. The number of hydrogen-bond acceptors (Lipinski definition) is 6. The van der Waals surface area contributed by atoms with Gasteiger partial charge in [0.15, 0.2) is 11.5 Å². The number of carbonyl (C=O) groups is 1. The summed E-state index contributed by atoms with van der Waals surface area (Å²) in [6.07, 6.45) is 1.78. The van der Waals surface area contributed by atoms with E-state index in [0.717, 1.165) is 33.8 Å². The van der Waals surface area contributed by atoms with Crippen LogP contribution in [-0.4, -0.2) is 33.9 Å². The minimum absolute atomic E-state index is 0.246. The van der Waals surface area contributed by atoms with Crippen LogP contribution in [0.5, 0.6) is 11.5 Å². The van der Waals surface area contributed by atoms with Crippen LogP contribution in [0.4, 0.5) is 5.82 Å². The lowest BCUT2D eigenvalue weighted by Gasteiger charge is -2.15. The molecule has 4 aromatic rings. The van der Waals surface area contributed by atoms with Crippen LogP contribution in [0.25, 0.3) is 22.4 Å². The molecule has 0 amide bonds. The Hall–Kier alpha value is -4.39. The number of anilines is 1. The van der Waals surface area contributed by atoms with Gasteiger partial charge in [-0.3, -0.25) is 0 Å². The van der Waals surface area contributed by atoms with Crippen LogP contribution in [0.2, 0.25) is 0 Å². The largest absolute Gasteiger partial charge is 0.480 e. The molecule has 2 N–H and O–H groups in total. The van der Waals surface area contributed by atoms with Gasteiger partial charge in [0.2, 0.25) is 6.79 Å². The van der Waals surface area contributed by atoms with Gasteiger partial charge in [0.25, 0.3) is 0 Å². The molecule has 3 aromatic carbocycles. The highest BCUT2D eigenvalue weighted by atomic mass is 16.7. The number of nitrogens with one attached hydrogen (secondary N) is 1. The summed E-state index contributed by atoms with van der Waals surface area (Å²) in [5, 5.41) is 12.7. The second kappa shape index (κ2) is 9.00. The Morgan fingerprint density at radius 3 is 2.39 bits per heavy atom. The third-order valence-electron chi connectivity index (χ3n) is 5.46. The van der Waals surface area contributed by atoms with Crippen molar-refractivity contribution < 1.29 is 19.4 Å². The van der Waals surface area contributed by atoms with Gasteiger partial charge in [-0.1, -0.05) is 60.7 Å². The van der Waals surface area contributed by atoms with Gasteiger partial charge in [0, 0.05) is 18.1 Å². The van der Waals surface area contributed by atoms with Crippen LogP contribution < -0.4 is 14.8 Å². The molecule has 164 valence electrons. The molecule has 33 heavy (non-hydrogen) atoms. The Bertz CT molecular complexity index is 1280. The van der Waals surface area contributed by atoms with Gasteiger partial charge in [-0.15, -0.1) is 0 Å². The first-order valence-corrected chi connectivity index (χ1v) is 10.5. The van der Waals surface area contributed by atoms with E-state index in [1.54, 1.807) is 6.07 Å². The molecule has 0 aliphatic carbocycles. The lowest BCUT2D eigenvalue weighted by atomic mass is 10.0. The molecule has 2 heterocycles. The molecule has 5 rings (SSSR count). The maximum atomic E-state index is 11.8. The van der Waals surface area contributed by atoms with Crippen molar-refractivity contribution in [3.63, 3.8) is 0 Å². The first-order valence-electron chi connectivity index (χ1n) is 10.5. The summed E-state index contributed by atoms with van der Waals surface area (Å²) in [4.78, 5) is 20.4. The number of carboxylic acids is 1. The number of hydrogen-bond donors (Lipinski definition) is 2. The number of ether oxygens (including phenoxy) is 2. The smallest absolute Gasteiger partial charge is 0.326 e. The number of fused-ring (bicyclic) bond motifs is 1. The normalized spacial score (nSPS) is 12.8. The summed E-state index contributed by atoms with van der Waals surface area (Å²) < 4.78 is 10.8. The van der Waals surface area contributed by atoms with E-state index in [9.17, 15) is 9.90 Å². The van der Waals surface area contributed by atoms with Crippen molar-refractivity contribution in [2.75, 3.05) is 12.1 Å². The van der Waals surface area contributed by atoms with Crippen molar-refractivity contribution in [2.24, 2.45) is 0 Å². The van der Waals surface area contributed by atoms with Crippen molar-refractivity contribution >= 4 is 11.8 Å². The molecule has 1 aliphatic heterocycles. The predicted octanol–water partition coefficient (Wildman–Crippen LogP) is 4.65. The SMILES string of the molecule is O=C(O)[C@H](Cc1ccccc1)Nc1cc(-c2ccc(-c3ccc4c(c3)OCO4)cc2)ncn1. The molecular weight excluding hydrogens is 418 g/mol. The molecular formula is C26H21N3O4. The zero-order valence-electron chi connectivity index (χ0n) is 17.6. The van der Waals surface area contributed by atoms with Gasteiger partial charge in [0.1, 0.15) is 18.2 Å². The minimum atomic E-state index is -0.938. The van der Waals surface area contributed by atoms with E-state index in [1.807, 2.05) is 72.8 Å². The maximum Gasteiger partial charge on any atom is 0.326 e. The predicted molar refractivity (Wildman–Crippen MR) is 124 cm³/mol. The average Bonchev–Trinajstić information content (AvgIpc) is 3.33. The lowest BCUT2D eigenvalue weighted by molar-refractivity contribution is -0.137. The third kappa shape index (κ3) is 4.62. The van der Waals surface area contributed by atoms with E-state index in [2.05, 4.69) is 15.3 Å². The molecule has 0 bridgehead atoms. The summed E-state index contributed by atoms with van der Waals surface area (Å²) in [6.45, 7) is 0.246. The fourth-order valence-electron chi connectivity index (χ4n) is 3.73. The molecule has 0 spiro atoms. The zero-order chi connectivity index (χ0) is 22.6. The highest BCUT2D eigenvalue weighted by Gasteiger charge is 2.19. The Labute approximate surface area is 190 Å². The van der Waals surface area contributed by atoms with E-state index in [0.29, 0.717) is 17.9 Å². The van der Waals surface area contributed by atoms with Gasteiger partial charge in [-0.25, -0.2) is 14.8 Å². The summed E-state index contributed by atoms with van der Waals surface area (Å²) in [5.74, 6) is 1.02. The van der Waals surface area contributed by atoms with Gasteiger partial charge in [0.05, 0.1) is 5.69 Å². The highest BCUT2D eigenvalue weighted by Crippen LogP contribution is 2.36. The van der Waals surface area contributed by atoms with Crippen molar-refractivity contribution in [1.82, 2.24) is 9.97 Å². The Morgan fingerprint density at radius 2 is 1.61 bits per heavy atom. The molecule has 0 unspecified atom stereocenters. The molecule has 7 heteroatoms. The topological polar surface area (TPSA) is 93.6 Å². The summed E-state index contributed by atoms with van der Waals surface area (Å²) in [6, 6.07) is 24.3. The minimum Gasteiger partial charge on any atom is -0.480 e. The number of aliphatic carboxylic acids is 1. The van der Waals surface area contributed by atoms with Crippen LogP contribution in [0.15, 0.2) is 85.2 Å². The summed E-state index contributed by atoms with van der Waals surface area (Å²) in [5.41, 5.74) is 4.61. The van der Waals surface area contributed by atoms with E-state index in [-0.39, 0.29) is 6.79 Å². The van der Waals surface area contributed by atoms with Crippen LogP contribution in [0.1, 0.15) is 5.56 Å². The average molecular weight is 439 g/mol. The second-order valence-corrected chi connectivity index (χ2v) is 7.66. The van der Waals surface area contributed by atoms with Gasteiger partial charge < -0.3 is 19.9 Å². The van der Waals surface area contributed by atoms with E-state index in [1.165, 1.54) is 6.33 Å². The second-order valence-electron chi connectivity index (χ2n) is 7.66. The number of aromatic nitrogens is 2. The van der Waals surface area contributed by atoms with Crippen molar-refractivity contribution in [3.05, 3.63) is 90.8 Å². The Morgan fingerprint density at radius 1 is 0.879 bits per heavy atom. The van der Waals surface area contributed by atoms with Crippen molar-refractivity contribution in [1.29, 1.82) is 0 Å². The molecule has 1 aliphatic rings. The van der Waals surface area contributed by atoms with Gasteiger partial charge in [-0.05, 0) is 28.8 Å². The fraction of sp³-hybridized carbons (Fsp3) is 0.115. The monoisotopic (exact) mass is 439 g/mol. The molecule has 7 nitrogen and oxygen atoms in total. The summed E-state index contributed by atoms with van der Waals surface area (Å²) >= 11 is 0. The molecule has 0 radical (unpaired) electrons. The number of rotatable bonds is 7. The molecule has 0 saturated heterocycles. The zero-order valence-corrected chi connectivity index (χ0v) is 17.6. The quantitative estimate of drug-likeness (QED) is 0.433. The van der Waals surface area contributed by atoms with Crippen LogP contribution in [0, 0.1) is 0 Å². The molecule has 0 fully saturated rings. The Balaban J connectivity index is 1.33. The Kier molecular flexibility index (Phi) is 5.59. The summed E-state index contributed by atoms with van der Waals surface area (Å²) in [7, 11) is 0. The lowest BCUT2D eigenvalue weighted by Crippen LogP contribution is -2.31. The van der Waals surface area contributed by atoms with Crippen molar-refractivity contribution in [2.45, 2.75) is 12.5 Å². The van der Waals surface area contributed by atoms with E-state index in [4.69, 9.17) is 9.47 Å². The van der Waals surface area contributed by atoms with Crippen LogP contribution in [-0.2, 0) is 11.2 Å². The van der Waals surface area contributed by atoms with E-state index >= 15 is 0 Å². The fourth-order valence-corrected chi connectivity index (χ4v) is 3.73. The van der Waals surface area contributed by atoms with Gasteiger partial charge in [-0.2, -0.15) is 0 Å². The van der Waals surface area contributed by atoms with Crippen LogP contribution in [0.3, 0.4) is 0 Å². The molecule has 0 saturated carbocycles. The van der Waals surface area contributed by atoms with E-state index < -0.39 is 12.0 Å². The van der Waals surface area contributed by atoms with Crippen LogP contribution >= 0.6 is 0 Å².